The van der Waals surface area contributed by atoms with Crippen LogP contribution >= 0.6 is 15.9 Å². The van der Waals surface area contributed by atoms with Crippen LogP contribution in [0.1, 0.15) is 19.8 Å². The van der Waals surface area contributed by atoms with Crippen molar-refractivity contribution in [2.24, 2.45) is 5.92 Å². The van der Waals surface area contributed by atoms with Crippen LogP contribution < -0.4 is 0 Å². The first kappa shape index (κ1) is 11.8. The van der Waals surface area contributed by atoms with E-state index in [2.05, 4.69) is 22.9 Å². The van der Waals surface area contributed by atoms with Gasteiger partial charge in [-0.05, 0) is 0 Å². The maximum Gasteiger partial charge on any atom is 0.0863 e. The summed E-state index contributed by atoms with van der Waals surface area (Å²) >= 11 is 3.57. The van der Waals surface area contributed by atoms with Crippen molar-refractivity contribution < 1.29 is 14.2 Å². The highest BCUT2D eigenvalue weighted by Crippen LogP contribution is 2.31. The molecule has 0 amide bonds. The van der Waals surface area contributed by atoms with E-state index in [0.717, 1.165) is 44.6 Å². The van der Waals surface area contributed by atoms with Crippen LogP contribution in [-0.4, -0.2) is 43.5 Å². The molecule has 0 N–H and O–H groups in total. The lowest BCUT2D eigenvalue weighted by atomic mass is 9.95. The summed E-state index contributed by atoms with van der Waals surface area (Å²) in [6.45, 7) is 5.40. The van der Waals surface area contributed by atoms with E-state index < -0.39 is 0 Å². The van der Waals surface area contributed by atoms with Crippen molar-refractivity contribution in [1.82, 2.24) is 0 Å². The van der Waals surface area contributed by atoms with Gasteiger partial charge in [0.2, 0.25) is 0 Å². The molecule has 0 aliphatic carbocycles. The van der Waals surface area contributed by atoms with Gasteiger partial charge in [-0.25, -0.2) is 0 Å². The van der Waals surface area contributed by atoms with Gasteiger partial charge in [0.05, 0.1) is 24.9 Å². The summed E-state index contributed by atoms with van der Waals surface area (Å²) in [6.07, 6.45) is 2.24. The minimum absolute atomic E-state index is 0.0229. The minimum Gasteiger partial charge on any atom is -0.381 e. The molecule has 0 radical (unpaired) electrons. The van der Waals surface area contributed by atoms with E-state index in [9.17, 15) is 0 Å². The maximum atomic E-state index is 6.25. The molecule has 2 rings (SSSR count). The van der Waals surface area contributed by atoms with Crippen molar-refractivity contribution in [1.29, 1.82) is 0 Å². The molecule has 4 heteroatoms. The molecule has 2 fully saturated rings. The topological polar surface area (TPSA) is 27.7 Å². The first-order valence-corrected chi connectivity index (χ1v) is 6.77. The van der Waals surface area contributed by atoms with Crippen molar-refractivity contribution in [3.05, 3.63) is 0 Å². The van der Waals surface area contributed by atoms with Crippen molar-refractivity contribution in [2.75, 3.05) is 31.8 Å². The van der Waals surface area contributed by atoms with Crippen molar-refractivity contribution >= 4 is 15.9 Å². The van der Waals surface area contributed by atoms with E-state index in [4.69, 9.17) is 14.2 Å². The summed E-state index contributed by atoms with van der Waals surface area (Å²) in [5, 5.41) is 0.895. The van der Waals surface area contributed by atoms with Gasteiger partial charge in [-0.15, -0.1) is 0 Å². The lowest BCUT2D eigenvalue weighted by Crippen LogP contribution is -2.45. The van der Waals surface area contributed by atoms with Gasteiger partial charge in [-0.2, -0.15) is 0 Å². The molecular weight excluding hydrogens is 260 g/mol. The predicted octanol–water partition coefficient (Wildman–Crippen LogP) is 1.98. The van der Waals surface area contributed by atoms with E-state index in [0.29, 0.717) is 5.92 Å². The summed E-state index contributed by atoms with van der Waals surface area (Å²) in [7, 11) is 0. The second-order valence-corrected chi connectivity index (χ2v) is 5.16. The molecule has 2 saturated heterocycles. The van der Waals surface area contributed by atoms with E-state index in [1.165, 1.54) is 0 Å². The fourth-order valence-electron chi connectivity index (χ4n) is 2.14. The SMILES string of the molecule is CC1COCC1OC1(CBr)CCOCC1. The number of ether oxygens (including phenoxy) is 3. The van der Waals surface area contributed by atoms with Crippen molar-refractivity contribution in [2.45, 2.75) is 31.5 Å². The summed E-state index contributed by atoms with van der Waals surface area (Å²) < 4.78 is 17.1. The highest BCUT2D eigenvalue weighted by molar-refractivity contribution is 9.09. The summed E-state index contributed by atoms with van der Waals surface area (Å²) in [6, 6.07) is 0. The normalized spacial score (nSPS) is 35.6. The second kappa shape index (κ2) is 5.13. The zero-order chi connectivity index (χ0) is 10.7. The van der Waals surface area contributed by atoms with Gasteiger partial charge in [0, 0.05) is 37.3 Å². The van der Waals surface area contributed by atoms with Crippen LogP contribution in [0.4, 0.5) is 0 Å². The van der Waals surface area contributed by atoms with Crippen molar-refractivity contribution in [3.63, 3.8) is 0 Å². The second-order valence-electron chi connectivity index (χ2n) is 4.60. The fraction of sp³-hybridized carbons (Fsp3) is 1.00. The number of rotatable bonds is 3. The molecule has 2 heterocycles. The molecule has 0 spiro atoms. The van der Waals surface area contributed by atoms with Crippen LogP contribution in [0.3, 0.4) is 0 Å². The van der Waals surface area contributed by atoms with Gasteiger partial charge in [0.1, 0.15) is 0 Å². The molecule has 3 nitrogen and oxygen atoms in total. The predicted molar refractivity (Wildman–Crippen MR) is 61.4 cm³/mol. The smallest absolute Gasteiger partial charge is 0.0863 e. The molecule has 2 aliphatic rings. The molecule has 0 aromatic rings. The van der Waals surface area contributed by atoms with Gasteiger partial charge >= 0.3 is 0 Å². The van der Waals surface area contributed by atoms with Crippen molar-refractivity contribution in [3.8, 4) is 0 Å². The monoisotopic (exact) mass is 278 g/mol. The van der Waals surface area contributed by atoms with Gasteiger partial charge in [0.15, 0.2) is 0 Å². The number of hydrogen-bond acceptors (Lipinski definition) is 3. The lowest BCUT2D eigenvalue weighted by Gasteiger charge is -2.38. The third kappa shape index (κ3) is 2.73. The summed E-state index contributed by atoms with van der Waals surface area (Å²) in [5.41, 5.74) is -0.0229. The van der Waals surface area contributed by atoms with Crippen LogP contribution in [0.15, 0.2) is 0 Å². The van der Waals surface area contributed by atoms with Crippen LogP contribution in [0, 0.1) is 5.92 Å². The Morgan fingerprint density at radius 2 is 2.00 bits per heavy atom. The largest absolute Gasteiger partial charge is 0.381 e. The molecule has 0 aromatic heterocycles. The molecule has 0 aromatic carbocycles. The molecule has 88 valence electrons. The van der Waals surface area contributed by atoms with E-state index >= 15 is 0 Å². The average Bonchev–Trinajstić information content (AvgIpc) is 2.66. The number of alkyl halides is 1. The first-order valence-electron chi connectivity index (χ1n) is 5.65. The fourth-order valence-corrected chi connectivity index (χ4v) is 2.83. The van der Waals surface area contributed by atoms with E-state index in [1.807, 2.05) is 0 Å². The highest BCUT2D eigenvalue weighted by atomic mass is 79.9. The number of halogens is 1. The average molecular weight is 279 g/mol. The third-order valence-corrected chi connectivity index (χ3v) is 4.37. The zero-order valence-electron chi connectivity index (χ0n) is 9.21. The quantitative estimate of drug-likeness (QED) is 0.739. The Morgan fingerprint density at radius 3 is 2.53 bits per heavy atom. The Kier molecular flexibility index (Phi) is 4.04. The third-order valence-electron chi connectivity index (χ3n) is 3.35. The summed E-state index contributed by atoms with van der Waals surface area (Å²) in [4.78, 5) is 0. The molecule has 2 aliphatic heterocycles. The zero-order valence-corrected chi connectivity index (χ0v) is 10.8. The standard InChI is InChI=1S/C11H19BrO3/c1-9-6-14-7-10(9)15-11(8-12)2-4-13-5-3-11/h9-10H,2-8H2,1H3. The first-order chi connectivity index (χ1) is 7.26. The van der Waals surface area contributed by atoms with Gasteiger partial charge in [-0.3, -0.25) is 0 Å². The van der Waals surface area contributed by atoms with Crippen LogP contribution in [0.5, 0.6) is 0 Å². The minimum atomic E-state index is -0.0229. The Morgan fingerprint density at radius 1 is 1.27 bits per heavy atom. The van der Waals surface area contributed by atoms with Gasteiger partial charge < -0.3 is 14.2 Å². The lowest BCUT2D eigenvalue weighted by molar-refractivity contribution is -0.136. The Labute approximate surface area is 99.6 Å². The molecule has 0 saturated carbocycles. The van der Waals surface area contributed by atoms with Crippen LogP contribution in [-0.2, 0) is 14.2 Å². The Balaban J connectivity index is 1.94. The molecular formula is C11H19BrO3. The van der Waals surface area contributed by atoms with Gasteiger partial charge in [-0.1, -0.05) is 22.9 Å². The number of hydrogen-bond donors (Lipinski definition) is 0. The summed E-state index contributed by atoms with van der Waals surface area (Å²) in [5.74, 6) is 0.517. The van der Waals surface area contributed by atoms with E-state index in [-0.39, 0.29) is 11.7 Å². The van der Waals surface area contributed by atoms with Crippen LogP contribution in [0.2, 0.25) is 0 Å². The van der Waals surface area contributed by atoms with Gasteiger partial charge in [0.25, 0.3) is 0 Å². The van der Waals surface area contributed by atoms with Crippen LogP contribution in [0.25, 0.3) is 0 Å². The molecule has 2 unspecified atom stereocenters. The Hall–Kier alpha value is 0.360. The maximum absolute atomic E-state index is 6.25. The van der Waals surface area contributed by atoms with E-state index in [1.54, 1.807) is 0 Å². The highest BCUT2D eigenvalue weighted by Gasteiger charge is 2.38. The Bertz CT molecular complexity index is 204. The molecule has 15 heavy (non-hydrogen) atoms. The molecule has 0 bridgehead atoms. The molecule has 2 atom stereocenters.